The van der Waals surface area contributed by atoms with Crippen molar-refractivity contribution in [2.24, 2.45) is 0 Å². The van der Waals surface area contributed by atoms with Crippen LogP contribution in [-0.2, 0) is 10.8 Å². The van der Waals surface area contributed by atoms with Crippen LogP contribution in [0.5, 0.6) is 0 Å². The van der Waals surface area contributed by atoms with Gasteiger partial charge in [0.25, 0.3) is 0 Å². The lowest BCUT2D eigenvalue weighted by Crippen LogP contribution is -2.15. The minimum absolute atomic E-state index is 0.0638. The van der Waals surface area contributed by atoms with Crippen molar-refractivity contribution in [2.45, 2.75) is 0 Å². The highest BCUT2D eigenvalue weighted by Gasteiger charge is 2.11. The van der Waals surface area contributed by atoms with Crippen LogP contribution in [-0.4, -0.2) is 43.9 Å². The molecule has 7 heteroatoms. The van der Waals surface area contributed by atoms with Gasteiger partial charge in [-0.05, 0) is 24.3 Å². The molecule has 1 unspecified atom stereocenters. The number of hydrogen-bond donors (Lipinski definition) is 2. The Kier molecular flexibility index (Phi) is 4.99. The molecular formula is C16H17N3O3S. The van der Waals surface area contributed by atoms with E-state index in [9.17, 15) is 4.21 Å². The number of rotatable bonds is 7. The molecule has 0 saturated heterocycles. The first-order valence-corrected chi connectivity index (χ1v) is 8.77. The van der Waals surface area contributed by atoms with E-state index >= 15 is 0 Å². The molecule has 3 rings (SSSR count). The zero-order valence-corrected chi connectivity index (χ0v) is 13.3. The van der Waals surface area contributed by atoms with Gasteiger partial charge >= 0.3 is 0 Å². The standard InChI is InChI=1S/C16H17N3O3S/c20-8-11-23(21)10-7-17-15-12-4-1-2-5-13(12)18-16(19-15)14-6-3-9-22-14/h1-6,9,20H,7-8,10-11H2,(H,17,18,19). The normalized spacial score (nSPS) is 12.4. The Hall–Kier alpha value is -2.25. The molecular weight excluding hydrogens is 314 g/mol. The van der Waals surface area contributed by atoms with Crippen molar-refractivity contribution >= 4 is 27.5 Å². The number of para-hydroxylation sites is 1. The smallest absolute Gasteiger partial charge is 0.198 e. The van der Waals surface area contributed by atoms with E-state index in [-0.39, 0.29) is 6.61 Å². The molecule has 2 aromatic heterocycles. The van der Waals surface area contributed by atoms with E-state index in [1.165, 1.54) is 0 Å². The maximum Gasteiger partial charge on any atom is 0.198 e. The molecule has 0 aliphatic carbocycles. The Labute approximate surface area is 136 Å². The van der Waals surface area contributed by atoms with Crippen molar-refractivity contribution in [3.05, 3.63) is 42.7 Å². The molecule has 3 aromatic rings. The highest BCUT2D eigenvalue weighted by atomic mass is 32.2. The topological polar surface area (TPSA) is 88.2 Å². The molecule has 120 valence electrons. The zero-order valence-electron chi connectivity index (χ0n) is 12.4. The van der Waals surface area contributed by atoms with Crippen LogP contribution in [0.15, 0.2) is 47.1 Å². The van der Waals surface area contributed by atoms with Crippen molar-refractivity contribution in [3.63, 3.8) is 0 Å². The van der Waals surface area contributed by atoms with Crippen molar-refractivity contribution in [1.29, 1.82) is 0 Å². The van der Waals surface area contributed by atoms with Gasteiger partial charge in [-0.3, -0.25) is 4.21 Å². The fraction of sp³-hybridized carbons (Fsp3) is 0.250. The molecule has 0 bridgehead atoms. The van der Waals surface area contributed by atoms with Crippen LogP contribution in [0.2, 0.25) is 0 Å². The highest BCUT2D eigenvalue weighted by Crippen LogP contribution is 2.24. The Morgan fingerprint density at radius 3 is 2.78 bits per heavy atom. The van der Waals surface area contributed by atoms with Gasteiger partial charge in [0.05, 0.1) is 18.4 Å². The van der Waals surface area contributed by atoms with Gasteiger partial charge < -0.3 is 14.8 Å². The predicted octanol–water partition coefficient (Wildman–Crippen LogP) is 2.04. The molecule has 0 amide bonds. The number of nitrogens with zero attached hydrogens (tertiary/aromatic N) is 2. The van der Waals surface area contributed by atoms with E-state index in [2.05, 4.69) is 15.3 Å². The molecule has 0 radical (unpaired) electrons. The predicted molar refractivity (Wildman–Crippen MR) is 90.7 cm³/mol. The van der Waals surface area contributed by atoms with Gasteiger partial charge in [-0.2, -0.15) is 0 Å². The van der Waals surface area contributed by atoms with Crippen LogP contribution >= 0.6 is 0 Å². The summed E-state index contributed by atoms with van der Waals surface area (Å²) >= 11 is 0. The molecule has 1 atom stereocenters. The molecule has 23 heavy (non-hydrogen) atoms. The maximum absolute atomic E-state index is 11.6. The molecule has 0 aliphatic rings. The summed E-state index contributed by atoms with van der Waals surface area (Å²) in [6.45, 7) is 0.441. The summed E-state index contributed by atoms with van der Waals surface area (Å²) < 4.78 is 17.0. The van der Waals surface area contributed by atoms with E-state index < -0.39 is 10.8 Å². The molecule has 0 aliphatic heterocycles. The summed E-state index contributed by atoms with van der Waals surface area (Å²) in [5.41, 5.74) is 0.813. The van der Waals surface area contributed by atoms with Crippen LogP contribution in [0.3, 0.4) is 0 Å². The van der Waals surface area contributed by atoms with E-state index in [0.29, 0.717) is 35.5 Å². The number of aliphatic hydroxyl groups is 1. The van der Waals surface area contributed by atoms with Crippen LogP contribution in [0.25, 0.3) is 22.5 Å². The molecule has 1 aromatic carbocycles. The Morgan fingerprint density at radius 2 is 2.00 bits per heavy atom. The minimum Gasteiger partial charge on any atom is -0.461 e. The van der Waals surface area contributed by atoms with Crippen molar-refractivity contribution < 1.29 is 13.7 Å². The fourth-order valence-corrected chi connectivity index (χ4v) is 2.95. The first kappa shape index (κ1) is 15.6. The summed E-state index contributed by atoms with van der Waals surface area (Å²) in [5.74, 6) is 2.54. The number of aliphatic hydroxyl groups excluding tert-OH is 1. The van der Waals surface area contributed by atoms with Crippen LogP contribution in [0, 0.1) is 0 Å². The SMILES string of the molecule is O=S(CCO)CCNc1nc(-c2ccco2)nc2ccccc12. The number of anilines is 1. The van der Waals surface area contributed by atoms with Crippen LogP contribution in [0.4, 0.5) is 5.82 Å². The molecule has 6 nitrogen and oxygen atoms in total. The average molecular weight is 331 g/mol. The summed E-state index contributed by atoms with van der Waals surface area (Å²) in [6.07, 6.45) is 1.58. The van der Waals surface area contributed by atoms with Gasteiger partial charge in [0.1, 0.15) is 5.82 Å². The fourth-order valence-electron chi connectivity index (χ4n) is 2.21. The van der Waals surface area contributed by atoms with Crippen molar-refractivity contribution in [2.75, 3.05) is 30.0 Å². The monoisotopic (exact) mass is 331 g/mol. The van der Waals surface area contributed by atoms with Gasteiger partial charge in [0, 0.05) is 34.2 Å². The van der Waals surface area contributed by atoms with Crippen molar-refractivity contribution in [1.82, 2.24) is 9.97 Å². The summed E-state index contributed by atoms with van der Waals surface area (Å²) in [6, 6.07) is 11.3. The summed E-state index contributed by atoms with van der Waals surface area (Å²) in [4.78, 5) is 9.03. The highest BCUT2D eigenvalue weighted by molar-refractivity contribution is 7.85. The zero-order chi connectivity index (χ0) is 16.1. The molecule has 2 heterocycles. The van der Waals surface area contributed by atoms with Gasteiger partial charge in [-0.15, -0.1) is 0 Å². The second-order valence-corrected chi connectivity index (χ2v) is 6.58. The van der Waals surface area contributed by atoms with Gasteiger partial charge in [-0.1, -0.05) is 12.1 Å². The number of furan rings is 1. The molecule has 0 saturated carbocycles. The third-order valence-corrected chi connectivity index (χ3v) is 4.58. The second kappa shape index (κ2) is 7.34. The van der Waals surface area contributed by atoms with Crippen LogP contribution in [0.1, 0.15) is 0 Å². The lowest BCUT2D eigenvalue weighted by atomic mass is 10.2. The second-order valence-electron chi connectivity index (χ2n) is 4.89. The van der Waals surface area contributed by atoms with E-state index in [0.717, 1.165) is 10.9 Å². The summed E-state index contributed by atoms with van der Waals surface area (Å²) in [5, 5.41) is 12.9. The van der Waals surface area contributed by atoms with E-state index in [4.69, 9.17) is 9.52 Å². The number of nitrogens with one attached hydrogen (secondary N) is 1. The number of aromatic nitrogens is 2. The van der Waals surface area contributed by atoms with Gasteiger partial charge in [0.2, 0.25) is 0 Å². The van der Waals surface area contributed by atoms with Crippen LogP contribution < -0.4 is 5.32 Å². The maximum atomic E-state index is 11.6. The van der Waals surface area contributed by atoms with E-state index in [1.807, 2.05) is 30.3 Å². The first-order chi connectivity index (χ1) is 11.3. The minimum atomic E-state index is -1.04. The number of benzene rings is 1. The Balaban J connectivity index is 1.87. The van der Waals surface area contributed by atoms with Gasteiger partial charge in [-0.25, -0.2) is 9.97 Å². The molecule has 0 fully saturated rings. The lowest BCUT2D eigenvalue weighted by molar-refractivity contribution is 0.321. The van der Waals surface area contributed by atoms with Crippen molar-refractivity contribution in [3.8, 4) is 11.6 Å². The first-order valence-electron chi connectivity index (χ1n) is 7.28. The molecule has 2 N–H and O–H groups in total. The Bertz CT molecular complexity index is 805. The largest absolute Gasteiger partial charge is 0.461 e. The number of fused-ring (bicyclic) bond motifs is 1. The quantitative estimate of drug-likeness (QED) is 0.689. The number of hydrogen-bond acceptors (Lipinski definition) is 6. The van der Waals surface area contributed by atoms with Gasteiger partial charge in [0.15, 0.2) is 11.6 Å². The summed E-state index contributed by atoms with van der Waals surface area (Å²) in [7, 11) is -1.04. The Morgan fingerprint density at radius 1 is 1.13 bits per heavy atom. The third-order valence-electron chi connectivity index (χ3n) is 3.29. The van der Waals surface area contributed by atoms with E-state index in [1.54, 1.807) is 12.3 Å². The lowest BCUT2D eigenvalue weighted by Gasteiger charge is -2.10. The average Bonchev–Trinajstić information content (AvgIpc) is 3.09. The third kappa shape index (κ3) is 3.75. The molecule has 0 spiro atoms.